The first kappa shape index (κ1) is 20.3. The lowest BCUT2D eigenvalue weighted by Gasteiger charge is -2.32. The van der Waals surface area contributed by atoms with Gasteiger partial charge in [0.25, 0.3) is 0 Å². The average molecular weight is 419 g/mol. The van der Waals surface area contributed by atoms with Gasteiger partial charge in [-0.1, -0.05) is 18.6 Å². The SMILES string of the molecule is C=CC(=O)N1CCC[C@@H](n2nc(C#CCNc3cccc(F)c3)c3c(N)ncnc32)C1. The summed E-state index contributed by atoms with van der Waals surface area (Å²) >= 11 is 0. The zero-order chi connectivity index (χ0) is 21.8. The molecule has 3 N–H and O–H groups in total. The molecule has 31 heavy (non-hydrogen) atoms. The van der Waals surface area contributed by atoms with E-state index in [1.165, 1.54) is 24.5 Å². The number of likely N-dealkylation sites (tertiary alicyclic amines) is 1. The van der Waals surface area contributed by atoms with Crippen molar-refractivity contribution in [3.63, 3.8) is 0 Å². The van der Waals surface area contributed by atoms with Gasteiger partial charge in [0.15, 0.2) is 5.65 Å². The van der Waals surface area contributed by atoms with Crippen molar-refractivity contribution in [2.75, 3.05) is 30.7 Å². The Balaban J connectivity index is 1.60. The number of piperidine rings is 1. The number of hydrogen-bond acceptors (Lipinski definition) is 6. The van der Waals surface area contributed by atoms with E-state index in [1.807, 2.05) is 0 Å². The third kappa shape index (κ3) is 4.33. The minimum absolute atomic E-state index is 0.0459. The van der Waals surface area contributed by atoms with Gasteiger partial charge in [-0.05, 0) is 43.0 Å². The summed E-state index contributed by atoms with van der Waals surface area (Å²) in [6.07, 6.45) is 4.43. The van der Waals surface area contributed by atoms with Crippen molar-refractivity contribution in [3.8, 4) is 11.8 Å². The van der Waals surface area contributed by atoms with Crippen LogP contribution in [0.15, 0.2) is 43.2 Å². The normalized spacial score (nSPS) is 15.9. The molecular formula is C22H22FN7O. The van der Waals surface area contributed by atoms with Crippen molar-refractivity contribution >= 4 is 28.4 Å². The van der Waals surface area contributed by atoms with Crippen molar-refractivity contribution in [3.05, 3.63) is 54.8 Å². The fourth-order valence-electron chi connectivity index (χ4n) is 3.69. The van der Waals surface area contributed by atoms with E-state index in [1.54, 1.807) is 21.7 Å². The first-order valence-corrected chi connectivity index (χ1v) is 9.95. The van der Waals surface area contributed by atoms with E-state index in [9.17, 15) is 9.18 Å². The molecule has 1 aliphatic rings. The number of nitrogens with one attached hydrogen (secondary N) is 1. The minimum Gasteiger partial charge on any atom is -0.383 e. The highest BCUT2D eigenvalue weighted by Gasteiger charge is 2.27. The molecule has 2 aromatic heterocycles. The van der Waals surface area contributed by atoms with Gasteiger partial charge in [0.2, 0.25) is 5.91 Å². The molecule has 0 radical (unpaired) electrons. The lowest BCUT2D eigenvalue weighted by atomic mass is 10.1. The number of nitrogens with zero attached hydrogens (tertiary/aromatic N) is 5. The molecule has 8 nitrogen and oxygen atoms in total. The Morgan fingerprint density at radius 2 is 2.29 bits per heavy atom. The van der Waals surface area contributed by atoms with Gasteiger partial charge >= 0.3 is 0 Å². The molecule has 9 heteroatoms. The Morgan fingerprint density at radius 3 is 3.10 bits per heavy atom. The van der Waals surface area contributed by atoms with E-state index >= 15 is 0 Å². The smallest absolute Gasteiger partial charge is 0.246 e. The first-order valence-electron chi connectivity index (χ1n) is 9.95. The van der Waals surface area contributed by atoms with Crippen LogP contribution in [0.1, 0.15) is 24.6 Å². The van der Waals surface area contributed by atoms with Crippen molar-refractivity contribution < 1.29 is 9.18 Å². The van der Waals surface area contributed by atoms with Crippen molar-refractivity contribution in [1.29, 1.82) is 0 Å². The molecular weight excluding hydrogens is 397 g/mol. The predicted molar refractivity (Wildman–Crippen MR) is 117 cm³/mol. The summed E-state index contributed by atoms with van der Waals surface area (Å²) in [4.78, 5) is 22.3. The maximum atomic E-state index is 13.3. The summed E-state index contributed by atoms with van der Waals surface area (Å²) in [7, 11) is 0. The topological polar surface area (TPSA) is 102 Å². The average Bonchev–Trinajstić information content (AvgIpc) is 3.16. The molecule has 3 heterocycles. The second-order valence-electron chi connectivity index (χ2n) is 7.20. The van der Waals surface area contributed by atoms with Gasteiger partial charge < -0.3 is 16.0 Å². The number of aromatic nitrogens is 4. The fourth-order valence-corrected chi connectivity index (χ4v) is 3.69. The van der Waals surface area contributed by atoms with Crippen molar-refractivity contribution in [2.45, 2.75) is 18.9 Å². The van der Waals surface area contributed by atoms with E-state index in [0.717, 1.165) is 12.8 Å². The zero-order valence-electron chi connectivity index (χ0n) is 16.9. The fraction of sp³-hybridized carbons (Fsp3) is 0.273. The van der Waals surface area contributed by atoms with Crippen LogP contribution in [0.2, 0.25) is 0 Å². The van der Waals surface area contributed by atoms with Gasteiger partial charge in [-0.25, -0.2) is 19.0 Å². The largest absolute Gasteiger partial charge is 0.383 e. The number of rotatable bonds is 4. The number of nitrogen functional groups attached to an aromatic ring is 1. The molecule has 0 aliphatic carbocycles. The zero-order valence-corrected chi connectivity index (χ0v) is 16.9. The number of carbonyl (C=O) groups excluding carboxylic acids is 1. The molecule has 0 spiro atoms. The Kier molecular flexibility index (Phi) is 5.80. The third-order valence-electron chi connectivity index (χ3n) is 5.16. The van der Waals surface area contributed by atoms with Gasteiger partial charge in [-0.2, -0.15) is 5.10 Å². The summed E-state index contributed by atoms with van der Waals surface area (Å²) in [5.74, 6) is 5.90. The number of carbonyl (C=O) groups is 1. The number of benzene rings is 1. The van der Waals surface area contributed by atoms with Crippen LogP contribution in [-0.2, 0) is 4.79 Å². The Bertz CT molecular complexity index is 1190. The third-order valence-corrected chi connectivity index (χ3v) is 5.16. The molecule has 0 bridgehead atoms. The number of halogens is 1. The Morgan fingerprint density at radius 1 is 1.42 bits per heavy atom. The van der Waals surface area contributed by atoms with Crippen LogP contribution in [0.4, 0.5) is 15.9 Å². The summed E-state index contributed by atoms with van der Waals surface area (Å²) in [6, 6.07) is 6.13. The Hall–Kier alpha value is -3.93. The molecule has 1 fully saturated rings. The molecule has 1 aliphatic heterocycles. The van der Waals surface area contributed by atoms with E-state index < -0.39 is 0 Å². The first-order chi connectivity index (χ1) is 15.1. The van der Waals surface area contributed by atoms with Crippen LogP contribution >= 0.6 is 0 Å². The number of fused-ring (bicyclic) bond motifs is 1. The molecule has 158 valence electrons. The highest BCUT2D eigenvalue weighted by molar-refractivity contribution is 5.90. The van der Waals surface area contributed by atoms with Crippen LogP contribution in [-0.4, -0.2) is 50.2 Å². The van der Waals surface area contributed by atoms with E-state index in [4.69, 9.17) is 5.73 Å². The molecule has 1 atom stereocenters. The maximum Gasteiger partial charge on any atom is 0.246 e. The molecule has 4 rings (SSSR count). The summed E-state index contributed by atoms with van der Waals surface area (Å²) in [5.41, 5.74) is 7.81. The van der Waals surface area contributed by atoms with Crippen LogP contribution in [0, 0.1) is 17.7 Å². The second-order valence-corrected chi connectivity index (χ2v) is 7.20. The van der Waals surface area contributed by atoms with Crippen LogP contribution in [0.5, 0.6) is 0 Å². The number of amides is 1. The Labute approximate surface area is 179 Å². The summed E-state index contributed by atoms with van der Waals surface area (Å²) in [5, 5.41) is 8.30. The molecule has 3 aromatic rings. The van der Waals surface area contributed by atoms with Crippen LogP contribution in [0.3, 0.4) is 0 Å². The number of anilines is 2. The van der Waals surface area contributed by atoms with Crippen molar-refractivity contribution in [2.24, 2.45) is 0 Å². The van der Waals surface area contributed by atoms with E-state index in [2.05, 4.69) is 38.8 Å². The van der Waals surface area contributed by atoms with Gasteiger partial charge in [-0.3, -0.25) is 4.79 Å². The summed E-state index contributed by atoms with van der Waals surface area (Å²) in [6.45, 7) is 5.08. The minimum atomic E-state index is -0.316. The molecule has 0 unspecified atom stereocenters. The molecule has 1 saturated heterocycles. The number of nitrogens with two attached hydrogens (primary N) is 1. The summed E-state index contributed by atoms with van der Waals surface area (Å²) < 4.78 is 15.1. The van der Waals surface area contributed by atoms with E-state index in [0.29, 0.717) is 47.9 Å². The lowest BCUT2D eigenvalue weighted by Crippen LogP contribution is -2.40. The second kappa shape index (κ2) is 8.83. The van der Waals surface area contributed by atoms with E-state index in [-0.39, 0.29) is 17.8 Å². The molecule has 1 amide bonds. The molecule has 0 saturated carbocycles. The van der Waals surface area contributed by atoms with Crippen LogP contribution < -0.4 is 11.1 Å². The van der Waals surface area contributed by atoms with Crippen molar-refractivity contribution in [1.82, 2.24) is 24.6 Å². The van der Waals surface area contributed by atoms with Gasteiger partial charge in [0, 0.05) is 18.8 Å². The predicted octanol–water partition coefficient (Wildman–Crippen LogP) is 2.36. The lowest BCUT2D eigenvalue weighted by molar-refractivity contribution is -0.127. The van der Waals surface area contributed by atoms with Crippen LogP contribution in [0.25, 0.3) is 11.0 Å². The number of hydrogen-bond donors (Lipinski definition) is 2. The highest BCUT2D eigenvalue weighted by atomic mass is 19.1. The monoisotopic (exact) mass is 419 g/mol. The maximum absolute atomic E-state index is 13.3. The van der Waals surface area contributed by atoms with Gasteiger partial charge in [-0.15, -0.1) is 0 Å². The van der Waals surface area contributed by atoms with Gasteiger partial charge in [0.05, 0.1) is 18.0 Å². The van der Waals surface area contributed by atoms with Gasteiger partial charge in [0.1, 0.15) is 23.7 Å². The quantitative estimate of drug-likeness (QED) is 0.497. The molecule has 1 aromatic carbocycles. The standard InChI is InChI=1S/C22H22FN7O/c1-2-19(31)29-11-5-8-17(13-29)30-22-20(21(24)26-14-27-22)18(28-30)9-4-10-25-16-7-3-6-15(23)12-16/h2-3,6-7,12,14,17,25H,1,5,8,10-11,13H2,(H2,24,26,27)/t17-/m1/s1. The highest BCUT2D eigenvalue weighted by Crippen LogP contribution is 2.28.